The van der Waals surface area contributed by atoms with Crippen LogP contribution < -0.4 is 0 Å². The molecule has 0 radical (unpaired) electrons. The monoisotopic (exact) mass is 228 g/mol. The quantitative estimate of drug-likeness (QED) is 0.473. The van der Waals surface area contributed by atoms with Gasteiger partial charge < -0.3 is 14.2 Å². The van der Waals surface area contributed by atoms with Gasteiger partial charge in [-0.15, -0.1) is 0 Å². The summed E-state index contributed by atoms with van der Waals surface area (Å²) in [7, 11) is 0. The van der Waals surface area contributed by atoms with Gasteiger partial charge >= 0.3 is 0 Å². The summed E-state index contributed by atoms with van der Waals surface area (Å²) in [5.74, 6) is 0.322. The second kappa shape index (κ2) is 5.48. The minimum atomic E-state index is -0.185. The molecule has 1 unspecified atom stereocenters. The van der Waals surface area contributed by atoms with E-state index in [-0.39, 0.29) is 11.9 Å². The van der Waals surface area contributed by atoms with Crippen LogP contribution in [-0.2, 0) is 14.2 Å². The SMILES string of the molecule is CCCCCCCOC[C@H]1OC2(CO2)[C@@H]1C. The Morgan fingerprint density at radius 2 is 2.00 bits per heavy atom. The van der Waals surface area contributed by atoms with Crippen LogP contribution >= 0.6 is 0 Å². The smallest absolute Gasteiger partial charge is 0.197 e. The van der Waals surface area contributed by atoms with Gasteiger partial charge in [0.05, 0.1) is 12.7 Å². The molecule has 2 aliphatic rings. The highest BCUT2D eigenvalue weighted by Gasteiger charge is 2.63. The molecule has 0 aromatic heterocycles. The van der Waals surface area contributed by atoms with E-state index in [4.69, 9.17) is 14.2 Å². The van der Waals surface area contributed by atoms with Crippen LogP contribution in [-0.4, -0.2) is 31.7 Å². The van der Waals surface area contributed by atoms with Crippen molar-refractivity contribution in [3.63, 3.8) is 0 Å². The molecule has 2 aliphatic heterocycles. The van der Waals surface area contributed by atoms with E-state index in [0.717, 1.165) is 19.8 Å². The van der Waals surface area contributed by atoms with E-state index >= 15 is 0 Å². The normalized spacial score (nSPS) is 36.4. The Labute approximate surface area is 98.4 Å². The zero-order valence-corrected chi connectivity index (χ0v) is 10.5. The summed E-state index contributed by atoms with van der Waals surface area (Å²) < 4.78 is 16.5. The fraction of sp³-hybridized carbons (Fsp3) is 1.00. The second-order valence-corrected chi connectivity index (χ2v) is 5.03. The summed E-state index contributed by atoms with van der Waals surface area (Å²) >= 11 is 0. The molecule has 1 spiro atoms. The zero-order valence-electron chi connectivity index (χ0n) is 10.5. The van der Waals surface area contributed by atoms with Crippen molar-refractivity contribution in [2.45, 2.75) is 57.8 Å². The first-order chi connectivity index (χ1) is 7.78. The topological polar surface area (TPSA) is 31.0 Å². The van der Waals surface area contributed by atoms with Crippen molar-refractivity contribution in [1.29, 1.82) is 0 Å². The second-order valence-electron chi connectivity index (χ2n) is 5.03. The van der Waals surface area contributed by atoms with Gasteiger partial charge in [-0.2, -0.15) is 0 Å². The van der Waals surface area contributed by atoms with Crippen LogP contribution in [0.5, 0.6) is 0 Å². The maximum atomic E-state index is 5.65. The van der Waals surface area contributed by atoms with E-state index in [2.05, 4.69) is 13.8 Å². The van der Waals surface area contributed by atoms with Crippen molar-refractivity contribution in [3.8, 4) is 0 Å². The first-order valence-corrected chi connectivity index (χ1v) is 6.68. The van der Waals surface area contributed by atoms with E-state index in [9.17, 15) is 0 Å². The van der Waals surface area contributed by atoms with Crippen molar-refractivity contribution in [1.82, 2.24) is 0 Å². The molecule has 0 bridgehead atoms. The average Bonchev–Trinajstić information content (AvgIpc) is 3.08. The summed E-state index contributed by atoms with van der Waals surface area (Å²) in [5.41, 5.74) is 0. The third-order valence-corrected chi connectivity index (χ3v) is 3.71. The molecule has 0 aromatic rings. The first kappa shape index (κ1) is 12.3. The lowest BCUT2D eigenvalue weighted by atomic mass is 9.92. The Hall–Kier alpha value is -0.120. The number of unbranched alkanes of at least 4 members (excludes halogenated alkanes) is 4. The maximum Gasteiger partial charge on any atom is 0.197 e. The fourth-order valence-electron chi connectivity index (χ4n) is 2.26. The largest absolute Gasteiger partial charge is 0.379 e. The number of epoxide rings is 1. The number of ether oxygens (including phenoxy) is 3. The number of hydrogen-bond donors (Lipinski definition) is 0. The molecule has 3 heteroatoms. The van der Waals surface area contributed by atoms with Crippen molar-refractivity contribution in [3.05, 3.63) is 0 Å². The van der Waals surface area contributed by atoms with Crippen LogP contribution in [0.4, 0.5) is 0 Å². The van der Waals surface area contributed by atoms with Crippen LogP contribution in [0.3, 0.4) is 0 Å². The molecule has 3 nitrogen and oxygen atoms in total. The standard InChI is InChI=1S/C13H24O3/c1-3-4-5-6-7-8-14-9-12-11(2)13(16-12)10-15-13/h11-12H,3-10H2,1-2H3/t11-,12-,13?/m1/s1. The van der Waals surface area contributed by atoms with E-state index in [1.165, 1.54) is 32.1 Å². The lowest BCUT2D eigenvalue weighted by molar-refractivity contribution is -0.259. The van der Waals surface area contributed by atoms with Crippen molar-refractivity contribution >= 4 is 0 Å². The first-order valence-electron chi connectivity index (χ1n) is 6.68. The highest BCUT2D eigenvalue weighted by molar-refractivity contribution is 5.00. The van der Waals surface area contributed by atoms with Crippen LogP contribution in [0.2, 0.25) is 0 Å². The van der Waals surface area contributed by atoms with Crippen molar-refractivity contribution in [2.24, 2.45) is 5.92 Å². The van der Waals surface area contributed by atoms with Crippen LogP contribution in [0.1, 0.15) is 46.0 Å². The maximum absolute atomic E-state index is 5.65. The Morgan fingerprint density at radius 3 is 2.62 bits per heavy atom. The zero-order chi connectivity index (χ0) is 11.4. The van der Waals surface area contributed by atoms with Gasteiger partial charge in [0.15, 0.2) is 5.79 Å². The van der Waals surface area contributed by atoms with Crippen LogP contribution in [0.25, 0.3) is 0 Å². The molecule has 0 saturated carbocycles. The average molecular weight is 228 g/mol. The molecule has 3 atom stereocenters. The molecule has 0 aromatic carbocycles. The summed E-state index contributed by atoms with van der Waals surface area (Å²) in [4.78, 5) is 0. The Morgan fingerprint density at radius 1 is 1.25 bits per heavy atom. The van der Waals surface area contributed by atoms with E-state index in [0.29, 0.717) is 5.92 Å². The minimum Gasteiger partial charge on any atom is -0.379 e. The Kier molecular flexibility index (Phi) is 4.22. The molecule has 0 amide bonds. The Bertz CT molecular complexity index is 213. The molecule has 0 aliphatic carbocycles. The van der Waals surface area contributed by atoms with E-state index in [1.54, 1.807) is 0 Å². The molecule has 2 rings (SSSR count). The molecule has 2 saturated heterocycles. The van der Waals surface area contributed by atoms with Crippen molar-refractivity contribution in [2.75, 3.05) is 19.8 Å². The molecule has 94 valence electrons. The van der Waals surface area contributed by atoms with Gasteiger partial charge in [-0.05, 0) is 6.42 Å². The summed E-state index contributed by atoms with van der Waals surface area (Å²) in [6.07, 6.45) is 6.73. The van der Waals surface area contributed by atoms with Gasteiger partial charge in [-0.3, -0.25) is 0 Å². The molecule has 16 heavy (non-hydrogen) atoms. The predicted molar refractivity (Wildman–Crippen MR) is 62.3 cm³/mol. The van der Waals surface area contributed by atoms with Gasteiger partial charge in [0.2, 0.25) is 0 Å². The third-order valence-electron chi connectivity index (χ3n) is 3.71. The predicted octanol–water partition coefficient (Wildman–Crippen LogP) is 2.73. The van der Waals surface area contributed by atoms with Crippen LogP contribution in [0.15, 0.2) is 0 Å². The highest BCUT2D eigenvalue weighted by atomic mass is 16.8. The molecular formula is C13H24O3. The Balaban J connectivity index is 1.41. The summed E-state index contributed by atoms with van der Waals surface area (Å²) in [5, 5.41) is 0. The fourth-order valence-corrected chi connectivity index (χ4v) is 2.26. The third kappa shape index (κ3) is 2.76. The van der Waals surface area contributed by atoms with E-state index in [1.807, 2.05) is 0 Å². The lowest BCUT2D eigenvalue weighted by Gasteiger charge is -2.40. The van der Waals surface area contributed by atoms with Crippen LogP contribution in [0, 0.1) is 5.92 Å². The van der Waals surface area contributed by atoms with Gasteiger partial charge in [0, 0.05) is 12.5 Å². The number of hydrogen-bond acceptors (Lipinski definition) is 3. The molecular weight excluding hydrogens is 204 g/mol. The highest BCUT2D eigenvalue weighted by Crippen LogP contribution is 2.49. The van der Waals surface area contributed by atoms with Gasteiger partial charge in [-0.1, -0.05) is 39.5 Å². The van der Waals surface area contributed by atoms with Gasteiger partial charge in [0.25, 0.3) is 0 Å². The van der Waals surface area contributed by atoms with Crippen molar-refractivity contribution < 1.29 is 14.2 Å². The molecule has 0 N–H and O–H groups in total. The summed E-state index contributed by atoms with van der Waals surface area (Å²) in [6.45, 7) is 6.82. The van der Waals surface area contributed by atoms with E-state index < -0.39 is 0 Å². The lowest BCUT2D eigenvalue weighted by Crippen LogP contribution is -2.52. The summed E-state index contributed by atoms with van der Waals surface area (Å²) in [6, 6.07) is 0. The molecule has 2 heterocycles. The van der Waals surface area contributed by atoms with Gasteiger partial charge in [-0.25, -0.2) is 0 Å². The van der Waals surface area contributed by atoms with Gasteiger partial charge in [0.1, 0.15) is 6.61 Å². The number of rotatable bonds is 8. The molecule has 2 fully saturated rings. The minimum absolute atomic E-state index is 0.185.